The lowest BCUT2D eigenvalue weighted by Gasteiger charge is -2.32. The highest BCUT2D eigenvalue weighted by Crippen LogP contribution is 2.39. The summed E-state index contributed by atoms with van der Waals surface area (Å²) in [5.74, 6) is 1.93. The Labute approximate surface area is 171 Å². The molecule has 3 aromatic rings. The molecular formula is C20H21N3O5S. The van der Waals surface area contributed by atoms with E-state index >= 15 is 0 Å². The zero-order chi connectivity index (χ0) is 20.4. The quantitative estimate of drug-likeness (QED) is 0.439. The lowest BCUT2D eigenvalue weighted by Crippen LogP contribution is -2.38. The molecule has 0 radical (unpaired) electrons. The molecule has 0 amide bonds. The standard InChI is InChI=1S/C20H21N3O5S/c1-26-16-4-3-5-17(27-2)19(16)28-14-8-10-22(11-9-14)20-21-15-7-6-13(23(24)25)12-18(15)29-20/h3-7,12,14H,8-11H2,1-2H3. The van der Waals surface area contributed by atoms with Gasteiger partial charge >= 0.3 is 0 Å². The third-order valence-corrected chi connectivity index (χ3v) is 6.03. The highest BCUT2D eigenvalue weighted by atomic mass is 32.1. The van der Waals surface area contributed by atoms with Gasteiger partial charge in [0.25, 0.3) is 5.69 Å². The predicted octanol–water partition coefficient (Wildman–Crippen LogP) is 4.27. The molecule has 1 saturated heterocycles. The summed E-state index contributed by atoms with van der Waals surface area (Å²) in [6.07, 6.45) is 1.71. The smallest absolute Gasteiger partial charge is 0.270 e. The number of para-hydroxylation sites is 1. The molecule has 0 atom stereocenters. The zero-order valence-electron chi connectivity index (χ0n) is 16.2. The van der Waals surface area contributed by atoms with Crippen LogP contribution in [0.2, 0.25) is 0 Å². The summed E-state index contributed by atoms with van der Waals surface area (Å²) in [6, 6.07) is 10.4. The maximum Gasteiger partial charge on any atom is 0.270 e. The maximum absolute atomic E-state index is 11.0. The first kappa shape index (κ1) is 19.3. The van der Waals surface area contributed by atoms with Gasteiger partial charge in [0.2, 0.25) is 5.75 Å². The van der Waals surface area contributed by atoms with E-state index in [0.29, 0.717) is 17.2 Å². The van der Waals surface area contributed by atoms with Crippen molar-refractivity contribution in [2.75, 3.05) is 32.2 Å². The van der Waals surface area contributed by atoms with E-state index in [1.165, 1.54) is 17.4 Å². The molecule has 2 heterocycles. The Balaban J connectivity index is 1.45. The molecule has 1 aliphatic heterocycles. The highest BCUT2D eigenvalue weighted by molar-refractivity contribution is 7.22. The molecule has 0 saturated carbocycles. The molecule has 0 bridgehead atoms. The van der Waals surface area contributed by atoms with Gasteiger partial charge in [-0.05, 0) is 18.2 Å². The van der Waals surface area contributed by atoms with Gasteiger partial charge in [-0.3, -0.25) is 10.1 Å². The van der Waals surface area contributed by atoms with Crippen molar-refractivity contribution in [1.82, 2.24) is 4.98 Å². The fourth-order valence-corrected chi connectivity index (χ4v) is 4.47. The van der Waals surface area contributed by atoms with Crippen LogP contribution >= 0.6 is 11.3 Å². The second-order valence-electron chi connectivity index (χ2n) is 6.70. The van der Waals surface area contributed by atoms with Crippen molar-refractivity contribution in [2.45, 2.75) is 18.9 Å². The lowest BCUT2D eigenvalue weighted by molar-refractivity contribution is -0.384. The van der Waals surface area contributed by atoms with Gasteiger partial charge in [0.15, 0.2) is 16.6 Å². The number of methoxy groups -OCH3 is 2. The molecule has 2 aromatic carbocycles. The molecule has 8 nitrogen and oxygen atoms in total. The Hall–Kier alpha value is -3.07. The topological polar surface area (TPSA) is 87.0 Å². The summed E-state index contributed by atoms with van der Waals surface area (Å²) in [6.45, 7) is 1.59. The fourth-order valence-electron chi connectivity index (χ4n) is 3.41. The van der Waals surface area contributed by atoms with Crippen LogP contribution in [-0.4, -0.2) is 43.3 Å². The van der Waals surface area contributed by atoms with Gasteiger partial charge in [-0.15, -0.1) is 0 Å². The Morgan fingerprint density at radius 1 is 1.14 bits per heavy atom. The second kappa shape index (κ2) is 8.12. The third-order valence-electron chi connectivity index (χ3n) is 4.95. The van der Waals surface area contributed by atoms with Crippen molar-refractivity contribution < 1.29 is 19.1 Å². The summed E-state index contributed by atoms with van der Waals surface area (Å²) in [7, 11) is 3.23. The van der Waals surface area contributed by atoms with E-state index < -0.39 is 0 Å². The number of nitro benzene ring substituents is 1. The minimum absolute atomic E-state index is 0.0481. The SMILES string of the molecule is COc1cccc(OC)c1OC1CCN(c2nc3ccc([N+](=O)[O-])cc3s2)CC1. The van der Waals surface area contributed by atoms with Crippen molar-refractivity contribution in [3.05, 3.63) is 46.5 Å². The van der Waals surface area contributed by atoms with Crippen molar-refractivity contribution >= 4 is 32.4 Å². The van der Waals surface area contributed by atoms with Crippen LogP contribution in [0.1, 0.15) is 12.8 Å². The minimum Gasteiger partial charge on any atom is -0.493 e. The number of hydrogen-bond donors (Lipinski definition) is 0. The Bertz CT molecular complexity index is 1010. The number of fused-ring (bicyclic) bond motifs is 1. The van der Waals surface area contributed by atoms with E-state index in [1.54, 1.807) is 26.4 Å². The summed E-state index contributed by atoms with van der Waals surface area (Å²) in [4.78, 5) is 17.4. The number of piperidine rings is 1. The van der Waals surface area contributed by atoms with Gasteiger partial charge in [-0.2, -0.15) is 0 Å². The Morgan fingerprint density at radius 3 is 2.45 bits per heavy atom. The molecule has 9 heteroatoms. The molecule has 0 spiro atoms. The molecule has 4 rings (SSSR count). The van der Waals surface area contributed by atoms with Crippen molar-refractivity contribution in [2.24, 2.45) is 0 Å². The molecule has 1 aromatic heterocycles. The molecule has 0 N–H and O–H groups in total. The Morgan fingerprint density at radius 2 is 1.83 bits per heavy atom. The van der Waals surface area contributed by atoms with Gasteiger partial charge in [-0.25, -0.2) is 4.98 Å². The lowest BCUT2D eigenvalue weighted by atomic mass is 10.1. The minimum atomic E-state index is -0.381. The monoisotopic (exact) mass is 415 g/mol. The molecule has 29 heavy (non-hydrogen) atoms. The average molecular weight is 415 g/mol. The number of aromatic nitrogens is 1. The maximum atomic E-state index is 11.0. The van der Waals surface area contributed by atoms with Crippen LogP contribution in [0.25, 0.3) is 10.2 Å². The summed E-state index contributed by atoms with van der Waals surface area (Å²) in [5, 5.41) is 11.9. The highest BCUT2D eigenvalue weighted by Gasteiger charge is 2.25. The van der Waals surface area contributed by atoms with E-state index in [-0.39, 0.29) is 16.7 Å². The van der Waals surface area contributed by atoms with Gasteiger partial charge in [0, 0.05) is 38.1 Å². The van der Waals surface area contributed by atoms with Crippen LogP contribution in [0.4, 0.5) is 10.8 Å². The molecule has 0 unspecified atom stereocenters. The summed E-state index contributed by atoms with van der Waals surface area (Å²) in [5.41, 5.74) is 0.873. The van der Waals surface area contributed by atoms with Crippen molar-refractivity contribution in [3.8, 4) is 17.2 Å². The number of thiazole rings is 1. The van der Waals surface area contributed by atoms with E-state index in [9.17, 15) is 10.1 Å². The number of non-ortho nitro benzene ring substituents is 1. The van der Waals surface area contributed by atoms with Gasteiger partial charge in [-0.1, -0.05) is 17.4 Å². The van der Waals surface area contributed by atoms with Crippen LogP contribution in [0.5, 0.6) is 17.2 Å². The number of anilines is 1. The molecular weight excluding hydrogens is 394 g/mol. The van der Waals surface area contributed by atoms with E-state index in [1.807, 2.05) is 18.2 Å². The van der Waals surface area contributed by atoms with Crippen molar-refractivity contribution in [3.63, 3.8) is 0 Å². The van der Waals surface area contributed by atoms with E-state index in [0.717, 1.165) is 41.3 Å². The average Bonchev–Trinajstić information content (AvgIpc) is 3.17. The summed E-state index contributed by atoms with van der Waals surface area (Å²) < 4.78 is 17.9. The molecule has 0 aliphatic carbocycles. The second-order valence-corrected chi connectivity index (χ2v) is 7.71. The van der Waals surface area contributed by atoms with E-state index in [2.05, 4.69) is 9.88 Å². The van der Waals surface area contributed by atoms with Gasteiger partial charge in [0.1, 0.15) is 6.10 Å². The van der Waals surface area contributed by atoms with Crippen LogP contribution < -0.4 is 19.1 Å². The first-order chi connectivity index (χ1) is 14.1. The third kappa shape index (κ3) is 3.91. The number of ether oxygens (including phenoxy) is 3. The molecule has 1 aliphatic rings. The zero-order valence-corrected chi connectivity index (χ0v) is 17.0. The number of nitro groups is 1. The number of benzene rings is 2. The number of hydrogen-bond acceptors (Lipinski definition) is 8. The van der Waals surface area contributed by atoms with Crippen LogP contribution in [0.3, 0.4) is 0 Å². The normalized spacial score (nSPS) is 14.8. The van der Waals surface area contributed by atoms with Gasteiger partial charge in [0.05, 0.1) is 29.4 Å². The first-order valence-electron chi connectivity index (χ1n) is 9.26. The van der Waals surface area contributed by atoms with Gasteiger partial charge < -0.3 is 19.1 Å². The predicted molar refractivity (Wildman–Crippen MR) is 112 cm³/mol. The van der Waals surface area contributed by atoms with Crippen LogP contribution in [0.15, 0.2) is 36.4 Å². The number of rotatable bonds is 6. The van der Waals surface area contributed by atoms with Crippen LogP contribution in [-0.2, 0) is 0 Å². The molecule has 152 valence electrons. The molecule has 1 fully saturated rings. The van der Waals surface area contributed by atoms with Crippen molar-refractivity contribution in [1.29, 1.82) is 0 Å². The first-order valence-corrected chi connectivity index (χ1v) is 10.1. The van der Waals surface area contributed by atoms with E-state index in [4.69, 9.17) is 14.2 Å². The largest absolute Gasteiger partial charge is 0.493 e. The number of nitrogens with zero attached hydrogens (tertiary/aromatic N) is 3. The Kier molecular flexibility index (Phi) is 5.39. The van der Waals surface area contributed by atoms with Crippen LogP contribution in [0, 0.1) is 10.1 Å². The summed E-state index contributed by atoms with van der Waals surface area (Å²) >= 11 is 1.48. The fraction of sp³-hybridized carbons (Fsp3) is 0.350.